The Labute approximate surface area is 85.1 Å². The minimum Gasteiger partial charge on any atom is -0.468 e. The van der Waals surface area contributed by atoms with Gasteiger partial charge in [-0.3, -0.25) is 4.90 Å². The van der Waals surface area contributed by atoms with E-state index in [1.54, 1.807) is 6.26 Å². The highest BCUT2D eigenvalue weighted by molar-refractivity contribution is 5.14. The van der Waals surface area contributed by atoms with E-state index < -0.39 is 0 Å². The number of nitrogens with one attached hydrogen (secondary N) is 1. The van der Waals surface area contributed by atoms with Gasteiger partial charge in [-0.25, -0.2) is 0 Å². The zero-order valence-corrected chi connectivity index (χ0v) is 8.92. The molecular formula is C11H18N2O. The molecule has 0 aliphatic carbocycles. The maximum atomic E-state index is 5.44. The van der Waals surface area contributed by atoms with Gasteiger partial charge in [0.25, 0.3) is 0 Å². The first-order chi connectivity index (χ1) is 6.75. The van der Waals surface area contributed by atoms with E-state index >= 15 is 0 Å². The highest BCUT2D eigenvalue weighted by Crippen LogP contribution is 2.12. The molecule has 2 rings (SSSR count). The van der Waals surface area contributed by atoms with E-state index in [1.165, 1.54) is 5.56 Å². The monoisotopic (exact) mass is 194 g/mol. The summed E-state index contributed by atoms with van der Waals surface area (Å²) in [5.41, 5.74) is 1.26. The van der Waals surface area contributed by atoms with Crippen LogP contribution in [0.2, 0.25) is 0 Å². The first-order valence-electron chi connectivity index (χ1n) is 5.24. The molecule has 3 nitrogen and oxygen atoms in total. The molecule has 0 bridgehead atoms. The molecule has 1 aliphatic rings. The van der Waals surface area contributed by atoms with Gasteiger partial charge in [-0.2, -0.15) is 0 Å². The average molecular weight is 194 g/mol. The largest absolute Gasteiger partial charge is 0.468 e. The van der Waals surface area contributed by atoms with Gasteiger partial charge in [-0.1, -0.05) is 0 Å². The number of furan rings is 1. The molecule has 1 N–H and O–H groups in total. The third-order valence-electron chi connectivity index (χ3n) is 2.79. The van der Waals surface area contributed by atoms with Crippen molar-refractivity contribution in [3.05, 3.63) is 23.7 Å². The molecule has 0 saturated carbocycles. The van der Waals surface area contributed by atoms with E-state index in [1.807, 2.05) is 6.07 Å². The molecule has 1 atom stereocenters. The SMILES string of the molecule is Cc1ccoc1CN1CCN[C@H](C)C1. The van der Waals surface area contributed by atoms with Crippen molar-refractivity contribution >= 4 is 0 Å². The van der Waals surface area contributed by atoms with Crippen LogP contribution >= 0.6 is 0 Å². The van der Waals surface area contributed by atoms with E-state index in [0.717, 1.165) is 31.9 Å². The second-order valence-electron chi connectivity index (χ2n) is 4.12. The second kappa shape index (κ2) is 4.15. The lowest BCUT2D eigenvalue weighted by molar-refractivity contribution is 0.186. The third kappa shape index (κ3) is 2.16. The molecule has 0 aromatic carbocycles. The van der Waals surface area contributed by atoms with Crippen molar-refractivity contribution in [2.24, 2.45) is 0 Å². The van der Waals surface area contributed by atoms with Gasteiger partial charge in [-0.15, -0.1) is 0 Å². The molecule has 1 aromatic heterocycles. The van der Waals surface area contributed by atoms with E-state index in [9.17, 15) is 0 Å². The molecule has 1 aromatic rings. The highest BCUT2D eigenvalue weighted by atomic mass is 16.3. The Bertz CT molecular complexity index is 295. The molecule has 0 unspecified atom stereocenters. The van der Waals surface area contributed by atoms with E-state index in [0.29, 0.717) is 6.04 Å². The van der Waals surface area contributed by atoms with Crippen molar-refractivity contribution in [3.63, 3.8) is 0 Å². The number of nitrogens with zero attached hydrogens (tertiary/aromatic N) is 1. The standard InChI is InChI=1S/C11H18N2O/c1-9-3-6-14-11(9)8-13-5-4-12-10(2)7-13/h3,6,10,12H,4-5,7-8H2,1-2H3/t10-/m1/s1. The number of hydrogen-bond donors (Lipinski definition) is 1. The Balaban J connectivity index is 1.94. The summed E-state index contributed by atoms with van der Waals surface area (Å²) in [5.74, 6) is 1.11. The third-order valence-corrected chi connectivity index (χ3v) is 2.79. The molecule has 0 amide bonds. The quantitative estimate of drug-likeness (QED) is 0.771. The van der Waals surface area contributed by atoms with Gasteiger partial charge < -0.3 is 9.73 Å². The van der Waals surface area contributed by atoms with Crippen molar-refractivity contribution in [1.82, 2.24) is 10.2 Å². The topological polar surface area (TPSA) is 28.4 Å². The maximum Gasteiger partial charge on any atom is 0.120 e. The van der Waals surface area contributed by atoms with Gasteiger partial charge in [0.15, 0.2) is 0 Å². The van der Waals surface area contributed by atoms with Gasteiger partial charge in [0.05, 0.1) is 12.8 Å². The van der Waals surface area contributed by atoms with Crippen LogP contribution in [0, 0.1) is 6.92 Å². The van der Waals surface area contributed by atoms with Crippen LogP contribution in [-0.4, -0.2) is 30.6 Å². The number of piperazine rings is 1. The fourth-order valence-electron chi connectivity index (χ4n) is 1.92. The lowest BCUT2D eigenvalue weighted by Gasteiger charge is -2.31. The molecular weight excluding hydrogens is 176 g/mol. The normalized spacial score (nSPS) is 24.0. The molecule has 3 heteroatoms. The fraction of sp³-hybridized carbons (Fsp3) is 0.636. The van der Waals surface area contributed by atoms with E-state index in [-0.39, 0.29) is 0 Å². The summed E-state index contributed by atoms with van der Waals surface area (Å²) < 4.78 is 5.44. The molecule has 1 saturated heterocycles. The minimum absolute atomic E-state index is 0.596. The number of rotatable bonds is 2. The summed E-state index contributed by atoms with van der Waals surface area (Å²) in [7, 11) is 0. The zero-order valence-electron chi connectivity index (χ0n) is 8.92. The fourth-order valence-corrected chi connectivity index (χ4v) is 1.92. The van der Waals surface area contributed by atoms with Crippen LogP contribution in [0.4, 0.5) is 0 Å². The zero-order chi connectivity index (χ0) is 9.97. The van der Waals surface area contributed by atoms with Crippen molar-refractivity contribution in [2.75, 3.05) is 19.6 Å². The molecule has 2 heterocycles. The Hall–Kier alpha value is -0.800. The van der Waals surface area contributed by atoms with Crippen LogP contribution < -0.4 is 5.32 Å². The van der Waals surface area contributed by atoms with Crippen LogP contribution in [0.1, 0.15) is 18.2 Å². The summed E-state index contributed by atoms with van der Waals surface area (Å²) in [6.07, 6.45) is 1.77. The van der Waals surface area contributed by atoms with Gasteiger partial charge >= 0.3 is 0 Å². The summed E-state index contributed by atoms with van der Waals surface area (Å²) >= 11 is 0. The van der Waals surface area contributed by atoms with Crippen LogP contribution in [0.5, 0.6) is 0 Å². The molecule has 0 spiro atoms. The van der Waals surface area contributed by atoms with Gasteiger partial charge in [0, 0.05) is 25.7 Å². The van der Waals surface area contributed by atoms with Crippen LogP contribution in [0.15, 0.2) is 16.7 Å². The second-order valence-corrected chi connectivity index (χ2v) is 4.12. The number of hydrogen-bond acceptors (Lipinski definition) is 3. The van der Waals surface area contributed by atoms with Gasteiger partial charge in [0.2, 0.25) is 0 Å². The smallest absolute Gasteiger partial charge is 0.120 e. The molecule has 1 fully saturated rings. The molecule has 78 valence electrons. The lowest BCUT2D eigenvalue weighted by Crippen LogP contribution is -2.48. The van der Waals surface area contributed by atoms with Crippen LogP contribution in [0.25, 0.3) is 0 Å². The van der Waals surface area contributed by atoms with Crippen molar-refractivity contribution < 1.29 is 4.42 Å². The van der Waals surface area contributed by atoms with Crippen molar-refractivity contribution in [3.8, 4) is 0 Å². The molecule has 0 radical (unpaired) electrons. The van der Waals surface area contributed by atoms with Crippen molar-refractivity contribution in [2.45, 2.75) is 26.4 Å². The summed E-state index contributed by atoms with van der Waals surface area (Å²) in [6, 6.07) is 2.63. The molecule has 1 aliphatic heterocycles. The summed E-state index contributed by atoms with van der Waals surface area (Å²) in [6.45, 7) is 8.59. The summed E-state index contributed by atoms with van der Waals surface area (Å²) in [5, 5.41) is 3.43. The Morgan fingerprint density at radius 2 is 2.50 bits per heavy atom. The van der Waals surface area contributed by atoms with Gasteiger partial charge in [-0.05, 0) is 25.5 Å². The van der Waals surface area contributed by atoms with Crippen LogP contribution in [-0.2, 0) is 6.54 Å². The number of aryl methyl sites for hydroxylation is 1. The van der Waals surface area contributed by atoms with E-state index in [4.69, 9.17) is 4.42 Å². The maximum absolute atomic E-state index is 5.44. The Morgan fingerprint density at radius 1 is 1.64 bits per heavy atom. The van der Waals surface area contributed by atoms with Gasteiger partial charge in [0.1, 0.15) is 5.76 Å². The summed E-state index contributed by atoms with van der Waals surface area (Å²) in [4.78, 5) is 2.44. The Morgan fingerprint density at radius 3 is 3.14 bits per heavy atom. The van der Waals surface area contributed by atoms with Crippen molar-refractivity contribution in [1.29, 1.82) is 0 Å². The average Bonchev–Trinajstić information content (AvgIpc) is 2.52. The van der Waals surface area contributed by atoms with E-state index in [2.05, 4.69) is 24.1 Å². The van der Waals surface area contributed by atoms with Crippen LogP contribution in [0.3, 0.4) is 0 Å². The first-order valence-corrected chi connectivity index (χ1v) is 5.24. The molecule has 14 heavy (non-hydrogen) atoms. The predicted molar refractivity (Wildman–Crippen MR) is 56.2 cm³/mol. The predicted octanol–water partition coefficient (Wildman–Crippen LogP) is 1.38. The highest BCUT2D eigenvalue weighted by Gasteiger charge is 2.17. The first kappa shape index (κ1) is 9.74. The minimum atomic E-state index is 0.596. The Kier molecular flexibility index (Phi) is 2.89. The lowest BCUT2D eigenvalue weighted by atomic mass is 10.2.